The van der Waals surface area contributed by atoms with Crippen molar-refractivity contribution in [3.63, 3.8) is 0 Å². The van der Waals surface area contributed by atoms with Gasteiger partial charge < -0.3 is 20.5 Å². The highest BCUT2D eigenvalue weighted by Crippen LogP contribution is 2.27. The molecule has 0 aliphatic heterocycles. The monoisotopic (exact) mass is 310 g/mol. The number of carbonyl (C=O) groups is 2. The lowest BCUT2D eigenvalue weighted by atomic mass is 10.2. The highest BCUT2D eigenvalue weighted by molar-refractivity contribution is 5.89. The standard InChI is InChI=1S/C15H19FN2O4/c16-12-9-10(18-15(21)17-8-7-14(19)20)5-6-13(12)22-11-3-1-2-4-11/h5-6,9,11H,1-4,7-8H2,(H,19,20)(H2,17,18,21). The molecule has 0 radical (unpaired) electrons. The molecule has 0 heterocycles. The predicted molar refractivity (Wildman–Crippen MR) is 78.6 cm³/mol. The number of hydrogen-bond donors (Lipinski definition) is 3. The van der Waals surface area contributed by atoms with E-state index in [1.54, 1.807) is 6.07 Å². The number of urea groups is 1. The van der Waals surface area contributed by atoms with E-state index in [4.69, 9.17) is 9.84 Å². The van der Waals surface area contributed by atoms with E-state index in [1.807, 2.05) is 0 Å². The molecule has 1 fully saturated rings. The molecule has 6 nitrogen and oxygen atoms in total. The summed E-state index contributed by atoms with van der Waals surface area (Å²) in [4.78, 5) is 21.8. The molecule has 1 aromatic rings. The normalized spacial score (nSPS) is 14.6. The third-order valence-corrected chi connectivity index (χ3v) is 3.41. The van der Waals surface area contributed by atoms with Gasteiger partial charge in [0, 0.05) is 18.3 Å². The van der Waals surface area contributed by atoms with Crippen molar-refractivity contribution in [2.75, 3.05) is 11.9 Å². The first-order valence-electron chi connectivity index (χ1n) is 7.27. The van der Waals surface area contributed by atoms with Gasteiger partial charge in [-0.1, -0.05) is 0 Å². The van der Waals surface area contributed by atoms with Gasteiger partial charge in [0.1, 0.15) is 0 Å². The van der Waals surface area contributed by atoms with Crippen LogP contribution < -0.4 is 15.4 Å². The zero-order valence-electron chi connectivity index (χ0n) is 12.1. The molecule has 3 N–H and O–H groups in total. The van der Waals surface area contributed by atoms with Crippen LogP contribution in [0.2, 0.25) is 0 Å². The van der Waals surface area contributed by atoms with Crippen LogP contribution in [0.25, 0.3) is 0 Å². The van der Waals surface area contributed by atoms with Gasteiger partial charge in [0.05, 0.1) is 12.5 Å². The molecular weight excluding hydrogens is 291 g/mol. The van der Waals surface area contributed by atoms with E-state index >= 15 is 0 Å². The van der Waals surface area contributed by atoms with Crippen molar-refractivity contribution in [2.24, 2.45) is 0 Å². The molecule has 1 aromatic carbocycles. The molecule has 1 saturated carbocycles. The quantitative estimate of drug-likeness (QED) is 0.754. The SMILES string of the molecule is O=C(O)CCNC(=O)Nc1ccc(OC2CCCC2)c(F)c1. The van der Waals surface area contributed by atoms with E-state index < -0.39 is 17.8 Å². The molecule has 0 atom stereocenters. The molecule has 7 heteroatoms. The summed E-state index contributed by atoms with van der Waals surface area (Å²) in [5.74, 6) is -1.35. The number of hydrogen-bond acceptors (Lipinski definition) is 3. The molecule has 0 bridgehead atoms. The van der Waals surface area contributed by atoms with E-state index in [0.717, 1.165) is 25.7 Å². The maximum atomic E-state index is 13.9. The van der Waals surface area contributed by atoms with Crippen molar-refractivity contribution in [3.05, 3.63) is 24.0 Å². The number of amides is 2. The van der Waals surface area contributed by atoms with Gasteiger partial charge in [-0.15, -0.1) is 0 Å². The number of anilines is 1. The molecule has 0 spiro atoms. The number of ether oxygens (including phenoxy) is 1. The second-order valence-corrected chi connectivity index (χ2v) is 5.19. The van der Waals surface area contributed by atoms with Gasteiger partial charge in [-0.05, 0) is 37.8 Å². The number of benzene rings is 1. The fourth-order valence-electron chi connectivity index (χ4n) is 2.32. The van der Waals surface area contributed by atoms with Crippen LogP contribution in [0.5, 0.6) is 5.75 Å². The predicted octanol–water partition coefficient (Wildman–Crippen LogP) is 2.74. The summed E-state index contributed by atoms with van der Waals surface area (Å²) in [5.41, 5.74) is 0.282. The Bertz CT molecular complexity index is 544. The Kier molecular flexibility index (Phi) is 5.57. The summed E-state index contributed by atoms with van der Waals surface area (Å²) in [7, 11) is 0. The topological polar surface area (TPSA) is 87.7 Å². The molecule has 2 amide bonds. The molecule has 0 unspecified atom stereocenters. The molecule has 120 valence electrons. The van der Waals surface area contributed by atoms with Crippen molar-refractivity contribution < 1.29 is 23.8 Å². The van der Waals surface area contributed by atoms with Crippen LogP contribution in [0, 0.1) is 5.82 Å². The summed E-state index contributed by atoms with van der Waals surface area (Å²) in [6, 6.07) is 3.64. The molecule has 1 aliphatic carbocycles. The fourth-order valence-corrected chi connectivity index (χ4v) is 2.32. The second-order valence-electron chi connectivity index (χ2n) is 5.19. The summed E-state index contributed by atoms with van der Waals surface area (Å²) < 4.78 is 19.5. The number of nitrogens with one attached hydrogen (secondary N) is 2. The lowest BCUT2D eigenvalue weighted by Crippen LogP contribution is -2.30. The van der Waals surface area contributed by atoms with Gasteiger partial charge in [-0.25, -0.2) is 9.18 Å². The van der Waals surface area contributed by atoms with E-state index in [1.165, 1.54) is 12.1 Å². The van der Waals surface area contributed by atoms with Crippen molar-refractivity contribution >= 4 is 17.7 Å². The van der Waals surface area contributed by atoms with Crippen LogP contribution in [0.15, 0.2) is 18.2 Å². The Morgan fingerprint density at radius 2 is 2.05 bits per heavy atom. The zero-order chi connectivity index (χ0) is 15.9. The van der Waals surface area contributed by atoms with Crippen molar-refractivity contribution in [1.82, 2.24) is 5.32 Å². The van der Waals surface area contributed by atoms with Crippen LogP contribution in [0.3, 0.4) is 0 Å². The maximum absolute atomic E-state index is 13.9. The minimum Gasteiger partial charge on any atom is -0.487 e. The minimum atomic E-state index is -1.00. The molecule has 0 saturated heterocycles. The Morgan fingerprint density at radius 3 is 2.68 bits per heavy atom. The van der Waals surface area contributed by atoms with Crippen LogP contribution in [-0.2, 0) is 4.79 Å². The Labute approximate surface area is 127 Å². The van der Waals surface area contributed by atoms with Crippen molar-refractivity contribution in [1.29, 1.82) is 0 Å². The summed E-state index contributed by atoms with van der Waals surface area (Å²) in [6.07, 6.45) is 3.96. The third-order valence-electron chi connectivity index (χ3n) is 3.41. The molecular formula is C15H19FN2O4. The van der Waals surface area contributed by atoms with Crippen molar-refractivity contribution in [2.45, 2.75) is 38.2 Å². The second kappa shape index (κ2) is 7.63. The summed E-state index contributed by atoms with van der Waals surface area (Å²) >= 11 is 0. The fraction of sp³-hybridized carbons (Fsp3) is 0.467. The maximum Gasteiger partial charge on any atom is 0.319 e. The number of carboxylic acids is 1. The van der Waals surface area contributed by atoms with Crippen molar-refractivity contribution in [3.8, 4) is 5.75 Å². The van der Waals surface area contributed by atoms with Gasteiger partial charge in [0.2, 0.25) is 0 Å². The van der Waals surface area contributed by atoms with Crippen LogP contribution in [0.1, 0.15) is 32.1 Å². The van der Waals surface area contributed by atoms with E-state index in [-0.39, 0.29) is 30.5 Å². The third kappa shape index (κ3) is 4.91. The first kappa shape index (κ1) is 16.1. The Hall–Kier alpha value is -2.31. The van der Waals surface area contributed by atoms with Crippen LogP contribution in [-0.4, -0.2) is 29.8 Å². The first-order valence-corrected chi connectivity index (χ1v) is 7.27. The number of carboxylic acid groups (broad SMARTS) is 1. The average molecular weight is 310 g/mol. The molecule has 1 aliphatic rings. The number of halogens is 1. The highest BCUT2D eigenvalue weighted by atomic mass is 19.1. The number of aliphatic carboxylic acids is 1. The Balaban J connectivity index is 1.85. The van der Waals surface area contributed by atoms with E-state index in [0.29, 0.717) is 0 Å². The smallest absolute Gasteiger partial charge is 0.319 e. The highest BCUT2D eigenvalue weighted by Gasteiger charge is 2.18. The van der Waals surface area contributed by atoms with Gasteiger partial charge in [0.25, 0.3) is 0 Å². The molecule has 0 aromatic heterocycles. The zero-order valence-corrected chi connectivity index (χ0v) is 12.1. The largest absolute Gasteiger partial charge is 0.487 e. The van der Waals surface area contributed by atoms with Gasteiger partial charge in [-0.3, -0.25) is 4.79 Å². The van der Waals surface area contributed by atoms with Gasteiger partial charge in [-0.2, -0.15) is 0 Å². The van der Waals surface area contributed by atoms with Crippen LogP contribution >= 0.6 is 0 Å². The first-order chi connectivity index (χ1) is 10.5. The average Bonchev–Trinajstić information content (AvgIpc) is 2.94. The Morgan fingerprint density at radius 1 is 1.32 bits per heavy atom. The van der Waals surface area contributed by atoms with E-state index in [9.17, 15) is 14.0 Å². The molecule has 22 heavy (non-hydrogen) atoms. The number of carbonyl (C=O) groups excluding carboxylic acids is 1. The summed E-state index contributed by atoms with van der Waals surface area (Å²) in [5, 5.41) is 13.3. The van der Waals surface area contributed by atoms with Gasteiger partial charge >= 0.3 is 12.0 Å². The van der Waals surface area contributed by atoms with E-state index in [2.05, 4.69) is 10.6 Å². The lowest BCUT2D eigenvalue weighted by molar-refractivity contribution is -0.136. The lowest BCUT2D eigenvalue weighted by Gasteiger charge is -2.14. The van der Waals surface area contributed by atoms with Gasteiger partial charge in [0.15, 0.2) is 11.6 Å². The minimum absolute atomic E-state index is 0.00647. The summed E-state index contributed by atoms with van der Waals surface area (Å²) in [6.45, 7) is 0.00647. The molecule has 2 rings (SSSR count). The van der Waals surface area contributed by atoms with Crippen LogP contribution in [0.4, 0.5) is 14.9 Å². The number of rotatable bonds is 6.